The summed E-state index contributed by atoms with van der Waals surface area (Å²) in [6.07, 6.45) is 0. The Morgan fingerprint density at radius 1 is 1.09 bits per heavy atom. The summed E-state index contributed by atoms with van der Waals surface area (Å²) >= 11 is 1.35. The van der Waals surface area contributed by atoms with Crippen molar-refractivity contribution in [2.24, 2.45) is 0 Å². The van der Waals surface area contributed by atoms with Gasteiger partial charge in [-0.05, 0) is 43.1 Å². The van der Waals surface area contributed by atoms with Crippen LogP contribution >= 0.6 is 11.3 Å². The average Bonchev–Trinajstić information content (AvgIpc) is 2.91. The standard InChI is InChI=1S/C18H25N3OS/c1-4-20-7-9-21(10-8-20)12-16-17(19-18(22)23-16)15-6-5-13(2)14(3)11-15/h5-6,11H,4,7-10,12H2,1-3H3,(H,19,22). The van der Waals surface area contributed by atoms with Crippen LogP contribution in [0.2, 0.25) is 0 Å². The summed E-state index contributed by atoms with van der Waals surface area (Å²) in [5, 5.41) is 0. The SMILES string of the molecule is CCN1CCN(Cc2sc(=O)[nH]c2-c2ccc(C)c(C)c2)CC1. The maximum Gasteiger partial charge on any atom is 0.305 e. The van der Waals surface area contributed by atoms with Crippen molar-refractivity contribution >= 4 is 11.3 Å². The molecule has 1 fully saturated rings. The first-order valence-electron chi connectivity index (χ1n) is 8.31. The van der Waals surface area contributed by atoms with E-state index in [0.717, 1.165) is 55.4 Å². The largest absolute Gasteiger partial charge is 0.312 e. The fourth-order valence-electron chi connectivity index (χ4n) is 3.07. The quantitative estimate of drug-likeness (QED) is 0.936. The number of hydrogen-bond acceptors (Lipinski definition) is 4. The lowest BCUT2D eigenvalue weighted by atomic mass is 10.0. The zero-order valence-corrected chi connectivity index (χ0v) is 15.0. The average molecular weight is 331 g/mol. The van der Waals surface area contributed by atoms with Crippen molar-refractivity contribution in [3.05, 3.63) is 43.9 Å². The van der Waals surface area contributed by atoms with Crippen molar-refractivity contribution in [3.8, 4) is 11.3 Å². The number of aryl methyl sites for hydroxylation is 2. The van der Waals surface area contributed by atoms with Crippen molar-refractivity contribution in [3.63, 3.8) is 0 Å². The van der Waals surface area contributed by atoms with Crippen molar-refractivity contribution in [1.82, 2.24) is 14.8 Å². The minimum Gasteiger partial charge on any atom is -0.312 e. The van der Waals surface area contributed by atoms with Gasteiger partial charge in [0.2, 0.25) is 0 Å². The number of likely N-dealkylation sites (N-methyl/N-ethyl adjacent to an activating group) is 1. The molecule has 1 aliphatic rings. The number of thiazole rings is 1. The Bertz CT molecular complexity index is 726. The van der Waals surface area contributed by atoms with E-state index < -0.39 is 0 Å². The Morgan fingerprint density at radius 2 is 1.78 bits per heavy atom. The molecule has 3 rings (SSSR count). The lowest BCUT2D eigenvalue weighted by molar-refractivity contribution is 0.133. The van der Waals surface area contributed by atoms with Crippen LogP contribution in [-0.2, 0) is 6.54 Å². The van der Waals surface area contributed by atoms with Crippen LogP contribution in [-0.4, -0.2) is 47.5 Å². The van der Waals surface area contributed by atoms with E-state index in [0.29, 0.717) is 0 Å². The maximum atomic E-state index is 11.9. The minimum absolute atomic E-state index is 0.0421. The predicted molar refractivity (Wildman–Crippen MR) is 97.2 cm³/mol. The lowest BCUT2D eigenvalue weighted by Gasteiger charge is -2.33. The minimum atomic E-state index is 0.0421. The number of aromatic amines is 1. The van der Waals surface area contributed by atoms with Crippen LogP contribution in [0.4, 0.5) is 0 Å². The number of rotatable bonds is 4. The molecule has 0 spiro atoms. The van der Waals surface area contributed by atoms with Gasteiger partial charge in [0.25, 0.3) is 0 Å². The second-order valence-electron chi connectivity index (χ2n) is 6.32. The molecule has 0 radical (unpaired) electrons. The van der Waals surface area contributed by atoms with E-state index in [-0.39, 0.29) is 4.87 Å². The fraction of sp³-hybridized carbons (Fsp3) is 0.500. The first kappa shape index (κ1) is 16.4. The van der Waals surface area contributed by atoms with E-state index in [1.54, 1.807) is 0 Å². The van der Waals surface area contributed by atoms with Gasteiger partial charge in [-0.2, -0.15) is 0 Å². The van der Waals surface area contributed by atoms with E-state index in [1.165, 1.54) is 22.5 Å². The Morgan fingerprint density at radius 3 is 2.43 bits per heavy atom. The molecule has 1 N–H and O–H groups in total. The number of piperazine rings is 1. The summed E-state index contributed by atoms with van der Waals surface area (Å²) in [6.45, 7) is 12.8. The summed E-state index contributed by atoms with van der Waals surface area (Å²) in [5.74, 6) is 0. The highest BCUT2D eigenvalue weighted by atomic mass is 32.1. The van der Waals surface area contributed by atoms with Gasteiger partial charge in [-0.25, -0.2) is 0 Å². The molecule has 0 amide bonds. The number of nitrogens with zero attached hydrogens (tertiary/aromatic N) is 2. The Labute approximate surface area is 141 Å². The summed E-state index contributed by atoms with van der Waals surface area (Å²) in [6, 6.07) is 6.41. The Kier molecular flexibility index (Phi) is 4.99. The summed E-state index contributed by atoms with van der Waals surface area (Å²) in [5.41, 5.74) is 4.66. The molecule has 124 valence electrons. The Hall–Kier alpha value is -1.43. The highest BCUT2D eigenvalue weighted by Crippen LogP contribution is 2.26. The summed E-state index contributed by atoms with van der Waals surface area (Å²) < 4.78 is 0. The van der Waals surface area contributed by atoms with Crippen LogP contribution in [0.3, 0.4) is 0 Å². The third-order valence-corrected chi connectivity index (χ3v) is 5.66. The van der Waals surface area contributed by atoms with E-state index in [4.69, 9.17) is 0 Å². The van der Waals surface area contributed by atoms with Gasteiger partial charge in [0, 0.05) is 37.6 Å². The summed E-state index contributed by atoms with van der Waals surface area (Å²) in [7, 11) is 0. The molecular weight excluding hydrogens is 306 g/mol. The predicted octanol–water partition coefficient (Wildman–Crippen LogP) is 2.86. The molecule has 1 aliphatic heterocycles. The van der Waals surface area contributed by atoms with Gasteiger partial charge >= 0.3 is 4.87 Å². The monoisotopic (exact) mass is 331 g/mol. The fourth-order valence-corrected chi connectivity index (χ4v) is 3.96. The lowest BCUT2D eigenvalue weighted by Crippen LogP contribution is -2.45. The molecule has 1 aromatic heterocycles. The van der Waals surface area contributed by atoms with Crippen molar-refractivity contribution in [1.29, 1.82) is 0 Å². The van der Waals surface area contributed by atoms with Crippen LogP contribution in [0.25, 0.3) is 11.3 Å². The van der Waals surface area contributed by atoms with Crippen LogP contribution in [0.5, 0.6) is 0 Å². The third kappa shape index (κ3) is 3.74. The van der Waals surface area contributed by atoms with Crippen molar-refractivity contribution in [2.75, 3.05) is 32.7 Å². The zero-order valence-electron chi connectivity index (χ0n) is 14.2. The van der Waals surface area contributed by atoms with Crippen LogP contribution in [0.15, 0.2) is 23.0 Å². The molecule has 0 aliphatic carbocycles. The molecule has 1 saturated heterocycles. The highest BCUT2D eigenvalue weighted by Gasteiger charge is 2.19. The van der Waals surface area contributed by atoms with Crippen molar-refractivity contribution < 1.29 is 0 Å². The number of H-pyrrole nitrogens is 1. The molecule has 2 aromatic rings. The van der Waals surface area contributed by atoms with Crippen LogP contribution in [0.1, 0.15) is 22.9 Å². The first-order valence-corrected chi connectivity index (χ1v) is 9.12. The van der Waals surface area contributed by atoms with E-state index in [2.05, 4.69) is 53.8 Å². The molecule has 23 heavy (non-hydrogen) atoms. The van der Waals surface area contributed by atoms with Crippen LogP contribution < -0.4 is 4.87 Å². The molecule has 1 aromatic carbocycles. The van der Waals surface area contributed by atoms with Gasteiger partial charge in [-0.1, -0.05) is 30.4 Å². The van der Waals surface area contributed by atoms with Crippen molar-refractivity contribution in [2.45, 2.75) is 27.3 Å². The first-order chi connectivity index (χ1) is 11.1. The van der Waals surface area contributed by atoms with Gasteiger partial charge in [0.15, 0.2) is 0 Å². The second-order valence-corrected chi connectivity index (χ2v) is 7.39. The van der Waals surface area contributed by atoms with E-state index >= 15 is 0 Å². The molecule has 0 saturated carbocycles. The van der Waals surface area contributed by atoms with Crippen LogP contribution in [0, 0.1) is 13.8 Å². The highest BCUT2D eigenvalue weighted by molar-refractivity contribution is 7.09. The topological polar surface area (TPSA) is 39.3 Å². The molecular formula is C18H25N3OS. The zero-order chi connectivity index (χ0) is 16.4. The normalized spacial score (nSPS) is 16.8. The Balaban J connectivity index is 1.81. The molecule has 0 bridgehead atoms. The maximum absolute atomic E-state index is 11.9. The van der Waals surface area contributed by atoms with Gasteiger partial charge in [-0.3, -0.25) is 9.69 Å². The molecule has 2 heterocycles. The number of benzene rings is 1. The smallest absolute Gasteiger partial charge is 0.305 e. The van der Waals surface area contributed by atoms with E-state index in [9.17, 15) is 4.79 Å². The second kappa shape index (κ2) is 6.99. The summed E-state index contributed by atoms with van der Waals surface area (Å²) in [4.78, 5) is 21.1. The molecule has 0 atom stereocenters. The molecule has 0 unspecified atom stereocenters. The van der Waals surface area contributed by atoms with Gasteiger partial charge in [-0.15, -0.1) is 0 Å². The number of aromatic nitrogens is 1. The van der Waals surface area contributed by atoms with Gasteiger partial charge in [0.05, 0.1) is 5.69 Å². The third-order valence-electron chi connectivity index (χ3n) is 4.80. The van der Waals surface area contributed by atoms with E-state index in [1.807, 2.05) is 0 Å². The molecule has 4 nitrogen and oxygen atoms in total. The molecule has 5 heteroatoms. The number of nitrogens with one attached hydrogen (secondary N) is 1. The van der Waals surface area contributed by atoms with Gasteiger partial charge < -0.3 is 9.88 Å². The number of hydrogen-bond donors (Lipinski definition) is 1. The van der Waals surface area contributed by atoms with Gasteiger partial charge in [0.1, 0.15) is 0 Å².